The van der Waals surface area contributed by atoms with Crippen molar-refractivity contribution < 1.29 is 23.5 Å². The summed E-state index contributed by atoms with van der Waals surface area (Å²) in [5.74, 6) is -2.00. The molecule has 0 aliphatic heterocycles. The molecule has 2 aromatic carbocycles. The predicted molar refractivity (Wildman–Crippen MR) is 141 cm³/mol. The van der Waals surface area contributed by atoms with Gasteiger partial charge < -0.3 is 26.4 Å². The van der Waals surface area contributed by atoms with E-state index < -0.39 is 29.8 Å². The van der Waals surface area contributed by atoms with Crippen LogP contribution in [-0.4, -0.2) is 42.5 Å². The molecule has 1 fully saturated rings. The summed E-state index contributed by atoms with van der Waals surface area (Å²) in [4.78, 5) is 36.4. The topological polar surface area (TPSA) is 123 Å². The van der Waals surface area contributed by atoms with Gasteiger partial charge in [-0.15, -0.1) is 0 Å². The van der Waals surface area contributed by atoms with Crippen LogP contribution in [0.1, 0.15) is 50.2 Å². The number of carbonyl (C=O) groups is 3. The van der Waals surface area contributed by atoms with Crippen LogP contribution < -0.4 is 21.7 Å². The van der Waals surface area contributed by atoms with E-state index in [1.54, 1.807) is 44.2 Å². The molecule has 0 spiro atoms. The molecule has 5 atom stereocenters. The van der Waals surface area contributed by atoms with Gasteiger partial charge in [-0.2, -0.15) is 0 Å². The molecule has 1 saturated carbocycles. The van der Waals surface area contributed by atoms with E-state index in [-0.39, 0.29) is 35.2 Å². The van der Waals surface area contributed by atoms with Gasteiger partial charge >= 0.3 is 5.97 Å². The predicted octanol–water partition coefficient (Wildman–Crippen LogP) is 3.89. The van der Waals surface area contributed by atoms with Gasteiger partial charge in [0.2, 0.25) is 12.3 Å². The van der Waals surface area contributed by atoms with Crippen LogP contribution in [0.3, 0.4) is 0 Å². The summed E-state index contributed by atoms with van der Waals surface area (Å²) >= 11 is 12.1. The Morgan fingerprint density at radius 2 is 1.97 bits per heavy atom. The lowest BCUT2D eigenvalue weighted by Crippen LogP contribution is -2.49. The van der Waals surface area contributed by atoms with E-state index in [9.17, 15) is 18.8 Å². The summed E-state index contributed by atoms with van der Waals surface area (Å²) in [5, 5.41) is 9.23. The Bertz CT molecular complexity index is 1130. The van der Waals surface area contributed by atoms with Crippen molar-refractivity contribution in [2.45, 2.75) is 69.8 Å². The zero-order valence-corrected chi connectivity index (χ0v) is 22.1. The highest BCUT2D eigenvalue weighted by atomic mass is 35.5. The maximum atomic E-state index is 14.9. The van der Waals surface area contributed by atoms with Gasteiger partial charge in [0.1, 0.15) is 18.0 Å². The molecule has 200 valence electrons. The largest absolute Gasteiger partial charge is 0.461 e. The normalized spacial score (nSPS) is 19.5. The lowest BCUT2D eigenvalue weighted by molar-refractivity contribution is -0.149. The third-order valence-electron chi connectivity index (χ3n) is 6.44. The third-order valence-corrected chi connectivity index (χ3v) is 6.97. The summed E-state index contributed by atoms with van der Waals surface area (Å²) in [6.45, 7) is 3.48. The second-order valence-electron chi connectivity index (χ2n) is 9.22. The van der Waals surface area contributed by atoms with Gasteiger partial charge in [-0.3, -0.25) is 14.4 Å². The van der Waals surface area contributed by atoms with Gasteiger partial charge in [0.25, 0.3) is 0 Å². The fourth-order valence-electron chi connectivity index (χ4n) is 4.41. The molecule has 2 amide bonds. The van der Waals surface area contributed by atoms with Crippen molar-refractivity contribution in [2.24, 2.45) is 5.73 Å². The van der Waals surface area contributed by atoms with Crippen LogP contribution in [0.2, 0.25) is 10.0 Å². The van der Waals surface area contributed by atoms with Crippen molar-refractivity contribution in [3.8, 4) is 0 Å². The molecule has 1 aliphatic rings. The molecule has 11 heteroatoms. The van der Waals surface area contributed by atoms with Crippen LogP contribution in [0.4, 0.5) is 10.1 Å². The monoisotopic (exact) mass is 552 g/mol. The van der Waals surface area contributed by atoms with Crippen LogP contribution in [0.5, 0.6) is 0 Å². The number of hydrogen-bond acceptors (Lipinski definition) is 6. The molecule has 3 rings (SSSR count). The quantitative estimate of drug-likeness (QED) is 0.248. The number of benzene rings is 2. The van der Waals surface area contributed by atoms with Gasteiger partial charge in [0.05, 0.1) is 11.1 Å². The maximum Gasteiger partial charge on any atom is 0.322 e. The average molecular weight is 553 g/mol. The Hall–Kier alpha value is -2.72. The minimum atomic E-state index is -0.849. The van der Waals surface area contributed by atoms with Crippen molar-refractivity contribution in [1.82, 2.24) is 10.6 Å². The van der Waals surface area contributed by atoms with Crippen LogP contribution in [0, 0.1) is 5.82 Å². The van der Waals surface area contributed by atoms with Crippen LogP contribution in [0.25, 0.3) is 0 Å². The molecule has 3 unspecified atom stereocenters. The minimum Gasteiger partial charge on any atom is -0.461 e. The number of halogens is 3. The number of ether oxygens (including phenoxy) is 1. The van der Waals surface area contributed by atoms with Gasteiger partial charge in [-0.05, 0) is 49.1 Å². The molecule has 0 aromatic heterocycles. The zero-order chi connectivity index (χ0) is 27.1. The molecule has 37 heavy (non-hydrogen) atoms. The first-order valence-corrected chi connectivity index (χ1v) is 12.8. The molecule has 5 N–H and O–H groups in total. The van der Waals surface area contributed by atoms with Crippen molar-refractivity contribution >= 4 is 47.2 Å². The van der Waals surface area contributed by atoms with E-state index >= 15 is 0 Å². The molecule has 0 saturated heterocycles. The fourth-order valence-corrected chi connectivity index (χ4v) is 4.76. The highest BCUT2D eigenvalue weighted by Crippen LogP contribution is 2.29. The number of nitrogens with one attached hydrogen (secondary N) is 3. The highest BCUT2D eigenvalue weighted by molar-refractivity contribution is 6.31. The molecule has 8 nitrogen and oxygen atoms in total. The molecule has 0 bridgehead atoms. The second-order valence-corrected chi connectivity index (χ2v) is 10.1. The standard InChI is InChI=1S/C26H31Cl2FN4O4/c1-14(20-4-3-5-21(28)23(20)29)24(31-12-16-6-7-17(27)10-22(16)32-13-34)25(35)33-18-8-9-19(11-18)37-26(36)15(2)30/h3-7,10,13-15,18-19,24,31H,8-9,11-12,30H2,1-2H3,(H,32,34)(H,33,35)/t14?,15?,18-,19?,24+/m0/s1. The summed E-state index contributed by atoms with van der Waals surface area (Å²) in [6, 6.07) is 7.89. The molecule has 0 radical (unpaired) electrons. The van der Waals surface area contributed by atoms with Gasteiger partial charge in [-0.1, -0.05) is 48.3 Å². The van der Waals surface area contributed by atoms with E-state index in [0.29, 0.717) is 41.9 Å². The molecular formula is C26H31Cl2FN4O4. The van der Waals surface area contributed by atoms with Crippen LogP contribution in [0.15, 0.2) is 36.4 Å². The molecule has 2 aromatic rings. The number of nitrogens with two attached hydrogens (primary N) is 1. The number of rotatable bonds is 11. The molecular weight excluding hydrogens is 522 g/mol. The second kappa shape index (κ2) is 13.2. The Labute approximate surface area is 225 Å². The van der Waals surface area contributed by atoms with Gasteiger partial charge in [0, 0.05) is 35.6 Å². The highest BCUT2D eigenvalue weighted by Gasteiger charge is 2.34. The van der Waals surface area contributed by atoms with E-state index in [1.807, 2.05) is 0 Å². The van der Waals surface area contributed by atoms with E-state index in [0.717, 1.165) is 0 Å². The number of hydrogen-bond donors (Lipinski definition) is 4. The number of anilines is 1. The summed E-state index contributed by atoms with van der Waals surface area (Å²) in [7, 11) is 0. The molecule has 1 aliphatic carbocycles. The third kappa shape index (κ3) is 7.64. The van der Waals surface area contributed by atoms with E-state index in [4.69, 9.17) is 33.7 Å². The average Bonchev–Trinajstić information content (AvgIpc) is 3.28. The summed E-state index contributed by atoms with van der Waals surface area (Å²) in [6.07, 6.45) is 1.90. The van der Waals surface area contributed by atoms with E-state index in [1.165, 1.54) is 6.07 Å². The first kappa shape index (κ1) is 28.8. The van der Waals surface area contributed by atoms with Gasteiger partial charge in [0.15, 0.2) is 0 Å². The minimum absolute atomic E-state index is 0.0340. The van der Waals surface area contributed by atoms with Crippen molar-refractivity contribution in [3.63, 3.8) is 0 Å². The zero-order valence-electron chi connectivity index (χ0n) is 20.6. The maximum absolute atomic E-state index is 14.9. The summed E-state index contributed by atoms with van der Waals surface area (Å²) in [5.41, 5.74) is 7.05. The first-order chi connectivity index (χ1) is 17.6. The Morgan fingerprint density at radius 3 is 2.68 bits per heavy atom. The SMILES string of the molecule is CC(N)C(=O)OC1CC[C@H](NC(=O)[C@H](NCc2ccc(Cl)cc2NC=O)C(C)c2cccc(Cl)c2F)C1. The van der Waals surface area contributed by atoms with Gasteiger partial charge in [-0.25, -0.2) is 4.39 Å². The molecule has 0 heterocycles. The Kier molecular flexibility index (Phi) is 10.3. The number of carbonyl (C=O) groups excluding carboxylic acids is 3. The Morgan fingerprint density at radius 1 is 1.22 bits per heavy atom. The first-order valence-electron chi connectivity index (χ1n) is 12.0. The lowest BCUT2D eigenvalue weighted by atomic mass is 9.91. The van der Waals surface area contributed by atoms with Crippen molar-refractivity contribution in [3.05, 3.63) is 63.4 Å². The number of esters is 1. The Balaban J connectivity index is 1.78. The van der Waals surface area contributed by atoms with Crippen molar-refractivity contribution in [2.75, 3.05) is 5.32 Å². The van der Waals surface area contributed by atoms with Crippen LogP contribution in [-0.2, 0) is 25.7 Å². The van der Waals surface area contributed by atoms with Crippen LogP contribution >= 0.6 is 23.2 Å². The lowest BCUT2D eigenvalue weighted by Gasteiger charge is -2.27. The number of amides is 2. The fraction of sp³-hybridized carbons (Fsp3) is 0.423. The van der Waals surface area contributed by atoms with E-state index in [2.05, 4.69) is 16.0 Å². The smallest absolute Gasteiger partial charge is 0.322 e. The summed E-state index contributed by atoms with van der Waals surface area (Å²) < 4.78 is 20.3. The van der Waals surface area contributed by atoms with Crippen molar-refractivity contribution in [1.29, 1.82) is 0 Å².